The lowest BCUT2D eigenvalue weighted by Crippen LogP contribution is -2.43. The maximum atomic E-state index is 12.8. The molecule has 7 N–H and O–H groups in total. The molecule has 0 saturated carbocycles. The molecule has 2 heterocycles. The molecule has 0 saturated heterocycles. The van der Waals surface area contributed by atoms with E-state index in [9.17, 15) is 24.3 Å². The van der Waals surface area contributed by atoms with Gasteiger partial charge in [-0.1, -0.05) is 117 Å². The molecule has 0 radical (unpaired) electrons. The molecule has 0 aliphatic rings. The number of hydrogen-bond donors (Lipinski definition) is 6. The van der Waals surface area contributed by atoms with E-state index >= 15 is 0 Å². The summed E-state index contributed by atoms with van der Waals surface area (Å²) in [6.07, 6.45) is 1.68. The molecule has 77 heavy (non-hydrogen) atoms. The van der Waals surface area contributed by atoms with Crippen molar-refractivity contribution in [2.75, 3.05) is 19.8 Å². The number of imidazole rings is 2. The summed E-state index contributed by atoms with van der Waals surface area (Å²) >= 11 is 12.2. The fraction of sp³-hybridized carbons (Fsp3) is 0.276. The molecule has 2 aromatic heterocycles. The van der Waals surface area contributed by atoms with Gasteiger partial charge in [0.1, 0.15) is 35.7 Å². The van der Waals surface area contributed by atoms with Crippen molar-refractivity contribution in [1.82, 2.24) is 35.8 Å². The van der Waals surface area contributed by atoms with Crippen molar-refractivity contribution in [3.05, 3.63) is 166 Å². The van der Waals surface area contributed by atoms with Gasteiger partial charge in [0, 0.05) is 40.9 Å². The van der Waals surface area contributed by atoms with Crippen LogP contribution in [0.15, 0.2) is 133 Å². The Morgan fingerprint density at radius 1 is 0.714 bits per heavy atom. The zero-order chi connectivity index (χ0) is 56.3. The van der Waals surface area contributed by atoms with Crippen LogP contribution in [0.1, 0.15) is 85.1 Å². The predicted molar refractivity (Wildman–Crippen MR) is 309 cm³/mol. The van der Waals surface area contributed by atoms with Crippen LogP contribution in [0.25, 0.3) is 44.8 Å². The van der Waals surface area contributed by atoms with E-state index in [2.05, 4.69) is 59.2 Å². The zero-order valence-corrected chi connectivity index (χ0v) is 47.3. The van der Waals surface area contributed by atoms with Gasteiger partial charge in [-0.05, 0) is 112 Å². The lowest BCUT2D eigenvalue weighted by atomic mass is 10.1. The SMILES string of the molecule is CC(C)(C)[Si](C)(C)OCC=O.CC(C)Oc1ccc(C(=O)NN(CCO)Cc2ccc(-c3nc4ccccc4[nH]3)cc2)cc1Cl.CC(C)Oc1ccc(C(=O)NN)cc1Cl.O=Cc1ccc(-c2nc3ccccc3[nH]2)cc1. The van der Waals surface area contributed by atoms with E-state index in [-0.39, 0.29) is 48.8 Å². The Kier molecular flexibility index (Phi) is 22.7. The number of aldehydes is 2. The molecule has 0 fully saturated rings. The van der Waals surface area contributed by atoms with E-state index in [4.69, 9.17) is 42.9 Å². The first-order chi connectivity index (χ1) is 36.6. The number of aliphatic hydroxyl groups is 1. The van der Waals surface area contributed by atoms with Gasteiger partial charge in [-0.3, -0.25) is 25.2 Å². The largest absolute Gasteiger partial charge is 0.489 e. The molecule has 8 rings (SSSR count). The maximum absolute atomic E-state index is 12.8. The highest BCUT2D eigenvalue weighted by Gasteiger charge is 2.36. The second-order valence-corrected chi connectivity index (χ2v) is 25.2. The summed E-state index contributed by atoms with van der Waals surface area (Å²) in [5.41, 5.74) is 13.2. The van der Waals surface area contributed by atoms with Crippen molar-refractivity contribution in [1.29, 1.82) is 0 Å². The third kappa shape index (κ3) is 18.2. The number of aromatic nitrogens is 4. The van der Waals surface area contributed by atoms with Gasteiger partial charge in [-0.15, -0.1) is 0 Å². The molecule has 16 nitrogen and oxygen atoms in total. The van der Waals surface area contributed by atoms with Gasteiger partial charge in [0.15, 0.2) is 8.32 Å². The maximum Gasteiger partial charge on any atom is 0.265 e. The van der Waals surface area contributed by atoms with Crippen LogP contribution >= 0.6 is 23.2 Å². The summed E-state index contributed by atoms with van der Waals surface area (Å²) in [6, 6.07) is 40.8. The molecule has 2 amide bonds. The second kappa shape index (κ2) is 28.8. The van der Waals surface area contributed by atoms with Crippen molar-refractivity contribution in [2.24, 2.45) is 5.84 Å². The molecule has 6 aromatic carbocycles. The third-order valence-electron chi connectivity index (χ3n) is 11.9. The number of aliphatic hydroxyl groups excluding tert-OH is 1. The lowest BCUT2D eigenvalue weighted by Gasteiger charge is -2.35. The number of hydrazine groups is 2. The molecule has 0 spiro atoms. The van der Waals surface area contributed by atoms with Crippen LogP contribution in [0.3, 0.4) is 0 Å². The quantitative estimate of drug-likeness (QED) is 0.0165. The Labute approximate surface area is 460 Å². The lowest BCUT2D eigenvalue weighted by molar-refractivity contribution is -0.109. The van der Waals surface area contributed by atoms with Crippen molar-refractivity contribution < 1.29 is 38.2 Å². The minimum absolute atomic E-state index is 0.0181. The van der Waals surface area contributed by atoms with E-state index < -0.39 is 8.32 Å². The Morgan fingerprint density at radius 3 is 1.58 bits per heavy atom. The van der Waals surface area contributed by atoms with Crippen molar-refractivity contribution in [2.45, 2.75) is 85.4 Å². The third-order valence-corrected chi connectivity index (χ3v) is 17.0. The fourth-order valence-electron chi connectivity index (χ4n) is 6.92. The number of benzene rings is 6. The zero-order valence-electron chi connectivity index (χ0n) is 44.8. The molecule has 0 aliphatic heterocycles. The van der Waals surface area contributed by atoms with Crippen LogP contribution in [0.5, 0.6) is 11.5 Å². The number of ether oxygens (including phenoxy) is 2. The average molecular weight is 1100 g/mol. The predicted octanol–water partition coefficient (Wildman–Crippen LogP) is 11.8. The van der Waals surface area contributed by atoms with Gasteiger partial charge in [0.05, 0.1) is 57.5 Å². The van der Waals surface area contributed by atoms with Crippen LogP contribution in [-0.4, -0.2) is 94.7 Å². The number of nitrogens with two attached hydrogens (primary N) is 1. The molecule has 406 valence electrons. The number of hydrogen-bond acceptors (Lipinski definition) is 12. The number of fused-ring (bicyclic) bond motifs is 2. The molecule has 0 aliphatic carbocycles. The molecule has 19 heteroatoms. The van der Waals surface area contributed by atoms with E-state index in [0.717, 1.165) is 63.0 Å². The first-order valence-electron chi connectivity index (χ1n) is 24.9. The number of amides is 2. The van der Waals surface area contributed by atoms with E-state index in [1.54, 1.807) is 47.5 Å². The van der Waals surface area contributed by atoms with Crippen molar-refractivity contribution in [3.8, 4) is 34.3 Å². The highest BCUT2D eigenvalue weighted by Crippen LogP contribution is 2.36. The first-order valence-corrected chi connectivity index (χ1v) is 28.5. The Balaban J connectivity index is 0.000000212. The first kappa shape index (κ1) is 60.6. The minimum atomic E-state index is -1.66. The van der Waals surface area contributed by atoms with Crippen molar-refractivity contribution >= 4 is 78.0 Å². The summed E-state index contributed by atoms with van der Waals surface area (Å²) in [5.74, 6) is 7.02. The minimum Gasteiger partial charge on any atom is -0.489 e. The van der Waals surface area contributed by atoms with Gasteiger partial charge in [0.25, 0.3) is 11.8 Å². The Hall–Kier alpha value is -7.22. The summed E-state index contributed by atoms with van der Waals surface area (Å²) in [5, 5.41) is 12.1. The van der Waals surface area contributed by atoms with Crippen LogP contribution in [-0.2, 0) is 15.8 Å². The van der Waals surface area contributed by atoms with Gasteiger partial charge in [-0.25, -0.2) is 20.8 Å². The number of H-pyrrole nitrogens is 2. The van der Waals surface area contributed by atoms with Crippen LogP contribution in [0.2, 0.25) is 28.2 Å². The Morgan fingerprint density at radius 2 is 1.18 bits per heavy atom. The summed E-state index contributed by atoms with van der Waals surface area (Å²) in [4.78, 5) is 60.3. The number of nitrogen functional groups attached to an aromatic ring is 1. The fourth-order valence-corrected chi connectivity index (χ4v) is 8.28. The van der Waals surface area contributed by atoms with Gasteiger partial charge in [0.2, 0.25) is 0 Å². The van der Waals surface area contributed by atoms with E-state index in [1.807, 2.05) is 118 Å². The van der Waals surface area contributed by atoms with Gasteiger partial charge < -0.3 is 33.8 Å². The number of aromatic amines is 2. The number of rotatable bonds is 17. The van der Waals surface area contributed by atoms with Crippen molar-refractivity contribution in [3.63, 3.8) is 0 Å². The smallest absolute Gasteiger partial charge is 0.265 e. The van der Waals surface area contributed by atoms with E-state index in [0.29, 0.717) is 44.8 Å². The highest BCUT2D eigenvalue weighted by molar-refractivity contribution is 6.74. The molecule has 0 atom stereocenters. The molecule has 8 aromatic rings. The number of carbonyl (C=O) groups excluding carboxylic acids is 4. The normalized spacial score (nSPS) is 11.2. The molecular formula is C58H68Cl2N8O8Si. The monoisotopic (exact) mass is 1100 g/mol. The number of para-hydroxylation sites is 4. The van der Waals surface area contributed by atoms with Crippen LogP contribution < -0.4 is 26.2 Å². The summed E-state index contributed by atoms with van der Waals surface area (Å²) in [7, 11) is -1.66. The number of halogens is 2. The summed E-state index contributed by atoms with van der Waals surface area (Å²) in [6.45, 7) is 19.2. The Bertz CT molecular complexity index is 3130. The summed E-state index contributed by atoms with van der Waals surface area (Å²) < 4.78 is 16.6. The topological polar surface area (TPSA) is 227 Å². The highest BCUT2D eigenvalue weighted by atomic mass is 35.5. The second-order valence-electron chi connectivity index (χ2n) is 19.6. The number of carbonyl (C=O) groups is 4. The molecule has 0 unspecified atom stereocenters. The van der Waals surface area contributed by atoms with Crippen LogP contribution in [0.4, 0.5) is 0 Å². The van der Waals surface area contributed by atoms with Gasteiger partial charge in [-0.2, -0.15) is 0 Å². The van der Waals surface area contributed by atoms with E-state index in [1.165, 1.54) is 6.07 Å². The average Bonchev–Trinajstić information content (AvgIpc) is 4.05. The standard InChI is InChI=1S/C26H27ClN4O3.C14H10N2O.C10H13ClN2O2.C8H18O2Si/c1-17(2)34-24-12-11-20(15-21(24)27)26(33)30-31(13-14-32)16-18-7-9-19(10-8-18)25-28-22-5-3-4-6-23(22)29-25;17-9-10-5-7-11(8-6-10)14-15-12-3-1-2-4-13(12)16-14;1-6(2)15-9-4-3-7(5-8(9)11)10(14)13-12;1-8(2,3)11(4,5)10-7-6-9/h3-12,15,17,32H,13-14,16H2,1-2H3,(H,28,29)(H,30,33);1-9H,(H,15,16);3-6H,12H2,1-2H3,(H,13,14);6H,7H2,1-5H3. The molecular weight excluding hydrogens is 1040 g/mol. The van der Waals surface area contributed by atoms with Crippen LogP contribution in [0, 0.1) is 0 Å². The van der Waals surface area contributed by atoms with Gasteiger partial charge >= 0.3 is 0 Å². The molecule has 0 bridgehead atoms. The number of nitrogens with zero attached hydrogens (tertiary/aromatic N) is 3. The number of nitrogens with one attached hydrogen (secondary N) is 4.